The van der Waals surface area contributed by atoms with Crippen LogP contribution in [0.5, 0.6) is 0 Å². The summed E-state index contributed by atoms with van der Waals surface area (Å²) in [6.45, 7) is 2.16. The summed E-state index contributed by atoms with van der Waals surface area (Å²) < 4.78 is 10.4. The first-order valence-electron chi connectivity index (χ1n) is 9.96. The number of carbonyl (C=O) groups is 1. The number of allylic oxidation sites excluding steroid dienone is 3. The first-order chi connectivity index (χ1) is 12.6. The second kappa shape index (κ2) is 14.0. The highest BCUT2D eigenvalue weighted by Crippen LogP contribution is 2.27. The average Bonchev–Trinajstić information content (AvgIpc) is 3.01. The maximum Gasteiger partial charge on any atom is 0.305 e. The molecular formula is C21H36O5. The standard InChI is InChI=1S/C21H36O5/c1-3-4-10-14-19-18(23)16-20(26-19)17(22)13-11-8-6-5-7-9-12-15-21(24)25-2/h5,7-8,11,17-20,22-23H,3-4,6,9-10,12-16H2,1-2H3/b7-5-,11-8-/t17?,18-,19?,20-/m1/s1. The van der Waals surface area contributed by atoms with E-state index in [1.807, 2.05) is 12.2 Å². The minimum atomic E-state index is -0.568. The molecule has 1 saturated heterocycles. The summed E-state index contributed by atoms with van der Waals surface area (Å²) in [6.07, 6.45) is 14.9. The van der Waals surface area contributed by atoms with E-state index in [0.29, 0.717) is 19.3 Å². The van der Waals surface area contributed by atoms with Crippen molar-refractivity contribution in [1.82, 2.24) is 0 Å². The first-order valence-corrected chi connectivity index (χ1v) is 9.96. The largest absolute Gasteiger partial charge is 0.469 e. The van der Waals surface area contributed by atoms with E-state index in [9.17, 15) is 15.0 Å². The van der Waals surface area contributed by atoms with Gasteiger partial charge in [-0.1, -0.05) is 50.5 Å². The normalized spacial score (nSPS) is 24.5. The Morgan fingerprint density at radius 1 is 1.23 bits per heavy atom. The van der Waals surface area contributed by atoms with Crippen molar-refractivity contribution >= 4 is 5.97 Å². The molecule has 0 aromatic carbocycles. The third-order valence-corrected chi connectivity index (χ3v) is 4.74. The summed E-state index contributed by atoms with van der Waals surface area (Å²) in [5.74, 6) is -0.167. The molecule has 1 aliphatic heterocycles. The van der Waals surface area contributed by atoms with Crippen molar-refractivity contribution in [2.24, 2.45) is 0 Å². The number of aliphatic hydroxyl groups is 2. The van der Waals surface area contributed by atoms with Crippen molar-refractivity contribution in [1.29, 1.82) is 0 Å². The van der Waals surface area contributed by atoms with Gasteiger partial charge >= 0.3 is 5.97 Å². The molecular weight excluding hydrogens is 332 g/mol. The number of aliphatic hydroxyl groups excluding tert-OH is 2. The van der Waals surface area contributed by atoms with Gasteiger partial charge in [0.1, 0.15) is 0 Å². The Morgan fingerprint density at radius 3 is 2.73 bits per heavy atom. The number of rotatable bonds is 13. The molecule has 2 N–H and O–H groups in total. The Bertz CT molecular complexity index is 432. The minimum Gasteiger partial charge on any atom is -0.469 e. The molecule has 26 heavy (non-hydrogen) atoms. The average molecular weight is 369 g/mol. The number of esters is 1. The molecule has 0 bridgehead atoms. The maximum atomic E-state index is 11.0. The fourth-order valence-corrected chi connectivity index (χ4v) is 3.11. The predicted octanol–water partition coefficient (Wildman–Crippen LogP) is 3.68. The molecule has 1 heterocycles. The van der Waals surface area contributed by atoms with Crippen LogP contribution in [0.2, 0.25) is 0 Å². The number of hydrogen-bond acceptors (Lipinski definition) is 5. The lowest BCUT2D eigenvalue weighted by atomic mass is 10.0. The van der Waals surface area contributed by atoms with Crippen LogP contribution in [-0.4, -0.2) is 47.7 Å². The highest BCUT2D eigenvalue weighted by atomic mass is 16.5. The summed E-state index contributed by atoms with van der Waals surface area (Å²) in [5.41, 5.74) is 0. The zero-order valence-corrected chi connectivity index (χ0v) is 16.3. The van der Waals surface area contributed by atoms with Gasteiger partial charge < -0.3 is 19.7 Å². The third-order valence-electron chi connectivity index (χ3n) is 4.74. The molecule has 2 unspecified atom stereocenters. The van der Waals surface area contributed by atoms with Gasteiger partial charge in [-0.3, -0.25) is 4.79 Å². The third kappa shape index (κ3) is 9.51. The van der Waals surface area contributed by atoms with Crippen molar-refractivity contribution in [3.05, 3.63) is 24.3 Å². The number of unbranched alkanes of at least 4 members (excludes halogenated alkanes) is 3. The van der Waals surface area contributed by atoms with Crippen molar-refractivity contribution in [2.75, 3.05) is 7.11 Å². The minimum absolute atomic E-state index is 0.127. The maximum absolute atomic E-state index is 11.0. The van der Waals surface area contributed by atoms with Gasteiger partial charge in [0, 0.05) is 12.8 Å². The van der Waals surface area contributed by atoms with Crippen molar-refractivity contribution < 1.29 is 24.5 Å². The van der Waals surface area contributed by atoms with Crippen LogP contribution in [0.15, 0.2) is 24.3 Å². The van der Waals surface area contributed by atoms with E-state index >= 15 is 0 Å². The Balaban J connectivity index is 2.14. The molecule has 4 atom stereocenters. The van der Waals surface area contributed by atoms with E-state index < -0.39 is 12.2 Å². The lowest BCUT2D eigenvalue weighted by molar-refractivity contribution is -0.140. The van der Waals surface area contributed by atoms with Gasteiger partial charge in [-0.05, 0) is 32.1 Å². The molecule has 0 amide bonds. The summed E-state index contributed by atoms with van der Waals surface area (Å²) in [7, 11) is 1.40. The van der Waals surface area contributed by atoms with Gasteiger partial charge in [-0.25, -0.2) is 0 Å². The monoisotopic (exact) mass is 368 g/mol. The van der Waals surface area contributed by atoms with E-state index in [0.717, 1.165) is 44.9 Å². The van der Waals surface area contributed by atoms with Gasteiger partial charge in [0.05, 0.1) is 31.5 Å². The van der Waals surface area contributed by atoms with Crippen LogP contribution in [-0.2, 0) is 14.3 Å². The lowest BCUT2D eigenvalue weighted by Gasteiger charge is -2.18. The van der Waals surface area contributed by atoms with E-state index in [-0.39, 0.29) is 18.2 Å². The topological polar surface area (TPSA) is 76.0 Å². The van der Waals surface area contributed by atoms with Gasteiger partial charge in [-0.2, -0.15) is 0 Å². The van der Waals surface area contributed by atoms with Gasteiger partial charge in [0.25, 0.3) is 0 Å². The molecule has 150 valence electrons. The van der Waals surface area contributed by atoms with Crippen molar-refractivity contribution in [3.8, 4) is 0 Å². The number of ether oxygens (including phenoxy) is 2. The summed E-state index contributed by atoms with van der Waals surface area (Å²) in [4.78, 5) is 11.0. The molecule has 1 aliphatic rings. The van der Waals surface area contributed by atoms with Gasteiger partial charge in [-0.15, -0.1) is 0 Å². The SMILES string of the molecule is CCCCCC1O[C@@H](C(O)C/C=C\C/C=C\CCCC(=O)OC)C[C@H]1O. The van der Waals surface area contributed by atoms with Crippen molar-refractivity contribution in [2.45, 2.75) is 95.5 Å². The Hall–Kier alpha value is -1.17. The summed E-state index contributed by atoms with van der Waals surface area (Å²) in [6, 6.07) is 0. The van der Waals surface area contributed by atoms with Crippen LogP contribution in [0.4, 0.5) is 0 Å². The van der Waals surface area contributed by atoms with E-state index in [1.54, 1.807) is 0 Å². The van der Waals surface area contributed by atoms with Gasteiger partial charge in [0.2, 0.25) is 0 Å². The fraction of sp³-hybridized carbons (Fsp3) is 0.762. The van der Waals surface area contributed by atoms with Crippen LogP contribution in [0.1, 0.15) is 71.1 Å². The smallest absolute Gasteiger partial charge is 0.305 e. The number of methoxy groups -OCH3 is 1. The number of carbonyl (C=O) groups excluding carboxylic acids is 1. The molecule has 0 aliphatic carbocycles. The second-order valence-corrected chi connectivity index (χ2v) is 6.96. The van der Waals surface area contributed by atoms with Crippen LogP contribution < -0.4 is 0 Å². The zero-order chi connectivity index (χ0) is 19.2. The summed E-state index contributed by atoms with van der Waals surface area (Å²) >= 11 is 0. The molecule has 1 fully saturated rings. The number of hydrogen-bond donors (Lipinski definition) is 2. The molecule has 0 spiro atoms. The molecule has 0 aromatic heterocycles. The Morgan fingerprint density at radius 2 is 2.00 bits per heavy atom. The van der Waals surface area contributed by atoms with E-state index in [1.165, 1.54) is 7.11 Å². The predicted molar refractivity (Wildman–Crippen MR) is 103 cm³/mol. The van der Waals surface area contributed by atoms with Gasteiger partial charge in [0.15, 0.2) is 0 Å². The molecule has 0 saturated carbocycles. The molecule has 5 heteroatoms. The highest BCUT2D eigenvalue weighted by Gasteiger charge is 2.36. The second-order valence-electron chi connectivity index (χ2n) is 6.96. The first kappa shape index (κ1) is 22.9. The molecule has 1 rings (SSSR count). The quantitative estimate of drug-likeness (QED) is 0.295. The Labute approximate surface area is 158 Å². The summed E-state index contributed by atoms with van der Waals surface area (Å²) in [5, 5.41) is 20.3. The highest BCUT2D eigenvalue weighted by molar-refractivity contribution is 5.69. The van der Waals surface area contributed by atoms with Crippen LogP contribution >= 0.6 is 0 Å². The lowest BCUT2D eigenvalue weighted by Crippen LogP contribution is -2.25. The molecule has 0 aromatic rings. The van der Waals surface area contributed by atoms with Crippen LogP contribution in [0.25, 0.3) is 0 Å². The zero-order valence-electron chi connectivity index (χ0n) is 16.3. The molecule has 5 nitrogen and oxygen atoms in total. The van der Waals surface area contributed by atoms with E-state index in [2.05, 4.69) is 23.8 Å². The molecule has 0 radical (unpaired) electrons. The fourth-order valence-electron chi connectivity index (χ4n) is 3.11. The van der Waals surface area contributed by atoms with Crippen molar-refractivity contribution in [3.63, 3.8) is 0 Å². The van der Waals surface area contributed by atoms with Crippen LogP contribution in [0, 0.1) is 0 Å². The van der Waals surface area contributed by atoms with E-state index in [4.69, 9.17) is 4.74 Å². The Kier molecular flexibility index (Phi) is 12.3. The van der Waals surface area contributed by atoms with Crippen LogP contribution in [0.3, 0.4) is 0 Å².